The van der Waals surface area contributed by atoms with Gasteiger partial charge in [0.2, 0.25) is 0 Å². The predicted molar refractivity (Wildman–Crippen MR) is 81.0 cm³/mol. The third-order valence-electron chi connectivity index (χ3n) is 3.32. The summed E-state index contributed by atoms with van der Waals surface area (Å²) >= 11 is 0. The molecule has 5 heteroatoms. The molecule has 0 aliphatic heterocycles. The minimum atomic E-state index is -1.07. The molecule has 4 N–H and O–H groups in total. The Hall–Kier alpha value is -2.56. The Labute approximate surface area is 122 Å². The first-order valence-corrected chi connectivity index (χ1v) is 6.51. The molecule has 0 saturated carbocycles. The SMILES string of the molecule is Cc1cc(CNc2cccc(C(=O)O)c2N)cc(C)c1F. The van der Waals surface area contributed by atoms with Gasteiger partial charge in [-0.05, 0) is 42.7 Å². The van der Waals surface area contributed by atoms with Gasteiger partial charge in [-0.2, -0.15) is 0 Å². The van der Waals surface area contributed by atoms with Crippen LogP contribution < -0.4 is 11.1 Å². The molecule has 21 heavy (non-hydrogen) atoms. The summed E-state index contributed by atoms with van der Waals surface area (Å²) in [6.45, 7) is 3.87. The van der Waals surface area contributed by atoms with E-state index in [4.69, 9.17) is 10.8 Å². The molecule has 0 bridgehead atoms. The molecule has 0 spiro atoms. The number of aryl methyl sites for hydroxylation is 2. The molecule has 0 aromatic heterocycles. The van der Waals surface area contributed by atoms with Gasteiger partial charge in [0, 0.05) is 6.54 Å². The third kappa shape index (κ3) is 3.13. The summed E-state index contributed by atoms with van der Waals surface area (Å²) in [5, 5.41) is 12.1. The highest BCUT2D eigenvalue weighted by Gasteiger charge is 2.11. The zero-order valence-electron chi connectivity index (χ0n) is 11.9. The number of rotatable bonds is 4. The molecule has 2 aromatic carbocycles. The van der Waals surface area contributed by atoms with Gasteiger partial charge < -0.3 is 16.2 Å². The Morgan fingerprint density at radius 2 is 1.90 bits per heavy atom. The number of benzene rings is 2. The number of halogens is 1. The highest BCUT2D eigenvalue weighted by molar-refractivity contribution is 5.97. The van der Waals surface area contributed by atoms with E-state index in [9.17, 15) is 9.18 Å². The summed E-state index contributed by atoms with van der Waals surface area (Å²) in [4.78, 5) is 11.0. The van der Waals surface area contributed by atoms with Crippen molar-refractivity contribution in [3.8, 4) is 0 Å². The van der Waals surface area contributed by atoms with Crippen LogP contribution in [0.5, 0.6) is 0 Å². The molecular weight excluding hydrogens is 271 g/mol. The van der Waals surface area contributed by atoms with E-state index < -0.39 is 5.97 Å². The summed E-state index contributed by atoms with van der Waals surface area (Å²) in [7, 11) is 0. The lowest BCUT2D eigenvalue weighted by Crippen LogP contribution is -2.08. The molecule has 0 unspecified atom stereocenters. The highest BCUT2D eigenvalue weighted by Crippen LogP contribution is 2.24. The lowest BCUT2D eigenvalue weighted by molar-refractivity contribution is 0.0698. The molecule has 2 aromatic rings. The first kappa shape index (κ1) is 14.8. The van der Waals surface area contributed by atoms with Crippen molar-refractivity contribution in [2.24, 2.45) is 0 Å². The van der Waals surface area contributed by atoms with Crippen LogP contribution in [-0.2, 0) is 6.54 Å². The van der Waals surface area contributed by atoms with Crippen LogP contribution >= 0.6 is 0 Å². The molecule has 0 atom stereocenters. The fraction of sp³-hybridized carbons (Fsp3) is 0.188. The van der Waals surface area contributed by atoms with Crippen molar-refractivity contribution in [2.75, 3.05) is 11.1 Å². The Bertz CT molecular complexity index is 676. The number of nitrogens with one attached hydrogen (secondary N) is 1. The largest absolute Gasteiger partial charge is 0.478 e. The van der Waals surface area contributed by atoms with Crippen LogP contribution in [0.4, 0.5) is 15.8 Å². The molecule has 110 valence electrons. The minimum Gasteiger partial charge on any atom is -0.478 e. The van der Waals surface area contributed by atoms with Crippen molar-refractivity contribution in [2.45, 2.75) is 20.4 Å². The van der Waals surface area contributed by atoms with Crippen LogP contribution in [0.15, 0.2) is 30.3 Å². The number of nitrogens with two attached hydrogens (primary N) is 1. The van der Waals surface area contributed by atoms with E-state index in [2.05, 4.69) is 5.32 Å². The molecule has 2 rings (SSSR count). The number of aromatic carboxylic acids is 1. The first-order valence-electron chi connectivity index (χ1n) is 6.51. The van der Waals surface area contributed by atoms with Gasteiger partial charge in [-0.1, -0.05) is 18.2 Å². The van der Waals surface area contributed by atoms with Gasteiger partial charge >= 0.3 is 5.97 Å². The van der Waals surface area contributed by atoms with Crippen molar-refractivity contribution in [3.05, 3.63) is 58.4 Å². The Morgan fingerprint density at radius 1 is 1.29 bits per heavy atom. The van der Waals surface area contributed by atoms with E-state index in [1.54, 1.807) is 38.1 Å². The number of hydrogen-bond acceptors (Lipinski definition) is 3. The van der Waals surface area contributed by atoms with Crippen LogP contribution in [0.1, 0.15) is 27.0 Å². The van der Waals surface area contributed by atoms with E-state index >= 15 is 0 Å². The van der Waals surface area contributed by atoms with Crippen LogP contribution in [0.25, 0.3) is 0 Å². The van der Waals surface area contributed by atoms with Crippen LogP contribution in [0.3, 0.4) is 0 Å². The number of nitrogen functional groups attached to an aromatic ring is 1. The molecule has 4 nitrogen and oxygen atoms in total. The third-order valence-corrected chi connectivity index (χ3v) is 3.32. The normalized spacial score (nSPS) is 10.4. The zero-order chi connectivity index (χ0) is 15.6. The van der Waals surface area contributed by atoms with Gasteiger partial charge in [0.25, 0.3) is 0 Å². The second kappa shape index (κ2) is 5.83. The van der Waals surface area contributed by atoms with Crippen molar-refractivity contribution < 1.29 is 14.3 Å². The maximum atomic E-state index is 13.6. The van der Waals surface area contributed by atoms with E-state index in [0.29, 0.717) is 23.4 Å². The minimum absolute atomic E-state index is 0.0615. The smallest absolute Gasteiger partial charge is 0.337 e. The van der Waals surface area contributed by atoms with Gasteiger partial charge in [0.05, 0.1) is 16.9 Å². The fourth-order valence-corrected chi connectivity index (χ4v) is 2.24. The molecule has 0 radical (unpaired) electrons. The molecule has 0 aliphatic rings. The van der Waals surface area contributed by atoms with E-state index in [1.165, 1.54) is 6.07 Å². The lowest BCUT2D eigenvalue weighted by Gasteiger charge is -2.12. The number of hydrogen-bond donors (Lipinski definition) is 3. The summed E-state index contributed by atoms with van der Waals surface area (Å²) in [6, 6.07) is 8.31. The van der Waals surface area contributed by atoms with E-state index in [1.807, 2.05) is 0 Å². The van der Waals surface area contributed by atoms with Crippen LogP contribution in [-0.4, -0.2) is 11.1 Å². The highest BCUT2D eigenvalue weighted by atomic mass is 19.1. The Balaban J connectivity index is 2.21. The summed E-state index contributed by atoms with van der Waals surface area (Å²) < 4.78 is 13.6. The maximum absolute atomic E-state index is 13.6. The van der Waals surface area contributed by atoms with Crippen LogP contribution in [0, 0.1) is 19.7 Å². The number of carboxylic acids is 1. The first-order chi connectivity index (χ1) is 9.90. The second-order valence-electron chi connectivity index (χ2n) is 4.97. The van der Waals surface area contributed by atoms with Gasteiger partial charge in [-0.15, -0.1) is 0 Å². The van der Waals surface area contributed by atoms with Gasteiger partial charge in [-0.25, -0.2) is 9.18 Å². The number of para-hydroxylation sites is 1. The van der Waals surface area contributed by atoms with Gasteiger partial charge in [0.1, 0.15) is 5.82 Å². The van der Waals surface area contributed by atoms with E-state index in [0.717, 1.165) is 5.56 Å². The maximum Gasteiger partial charge on any atom is 0.337 e. The number of carbonyl (C=O) groups is 1. The summed E-state index contributed by atoms with van der Waals surface area (Å²) in [5.41, 5.74) is 8.71. The molecule has 0 fully saturated rings. The van der Waals surface area contributed by atoms with Crippen molar-refractivity contribution in [1.82, 2.24) is 0 Å². The molecule has 0 amide bonds. The molecule has 0 heterocycles. The van der Waals surface area contributed by atoms with E-state index in [-0.39, 0.29) is 17.1 Å². The average molecular weight is 288 g/mol. The monoisotopic (exact) mass is 288 g/mol. The quantitative estimate of drug-likeness (QED) is 0.754. The Kier molecular flexibility index (Phi) is 4.12. The Morgan fingerprint density at radius 3 is 2.48 bits per heavy atom. The molecular formula is C16H17FN2O2. The summed E-state index contributed by atoms with van der Waals surface area (Å²) in [6.07, 6.45) is 0. The number of anilines is 2. The standard InChI is InChI=1S/C16H17FN2O2/c1-9-6-11(7-10(2)14(9)17)8-19-13-5-3-4-12(15(13)18)16(20)21/h3-7,19H,8,18H2,1-2H3,(H,20,21). The van der Waals surface area contributed by atoms with Crippen molar-refractivity contribution in [1.29, 1.82) is 0 Å². The van der Waals surface area contributed by atoms with Crippen molar-refractivity contribution in [3.63, 3.8) is 0 Å². The van der Waals surface area contributed by atoms with Crippen molar-refractivity contribution >= 4 is 17.3 Å². The molecule has 0 saturated heterocycles. The van der Waals surface area contributed by atoms with Crippen LogP contribution in [0.2, 0.25) is 0 Å². The number of carboxylic acid groups (broad SMARTS) is 1. The summed E-state index contributed by atoms with van der Waals surface area (Å²) in [5.74, 6) is -1.27. The fourth-order valence-electron chi connectivity index (χ4n) is 2.24. The van der Waals surface area contributed by atoms with Gasteiger partial charge in [-0.3, -0.25) is 0 Å². The zero-order valence-corrected chi connectivity index (χ0v) is 11.9. The average Bonchev–Trinajstić information content (AvgIpc) is 2.43. The topological polar surface area (TPSA) is 75.3 Å². The lowest BCUT2D eigenvalue weighted by atomic mass is 10.1. The predicted octanol–water partition coefficient (Wildman–Crippen LogP) is 3.34. The molecule has 0 aliphatic carbocycles. The van der Waals surface area contributed by atoms with Gasteiger partial charge in [0.15, 0.2) is 0 Å². The second-order valence-corrected chi connectivity index (χ2v) is 4.97.